The number of sulfonamides is 1. The van der Waals surface area contributed by atoms with E-state index in [4.69, 9.17) is 0 Å². The Kier molecular flexibility index (Phi) is 5.40. The number of thiazole rings is 1. The van der Waals surface area contributed by atoms with Crippen LogP contribution in [0.15, 0.2) is 65.3 Å². The van der Waals surface area contributed by atoms with E-state index in [-0.39, 0.29) is 17.0 Å². The molecule has 1 N–H and O–H groups in total. The fourth-order valence-electron chi connectivity index (χ4n) is 2.22. The van der Waals surface area contributed by atoms with Gasteiger partial charge in [-0.25, -0.2) is 13.4 Å². The zero-order chi connectivity index (χ0) is 18.6. The molecule has 0 saturated carbocycles. The summed E-state index contributed by atoms with van der Waals surface area (Å²) in [6.45, 7) is 0.173. The van der Waals surface area contributed by atoms with E-state index < -0.39 is 15.9 Å². The lowest BCUT2D eigenvalue weighted by molar-refractivity contribution is 0.102. The lowest BCUT2D eigenvalue weighted by Crippen LogP contribution is -2.26. The van der Waals surface area contributed by atoms with E-state index in [9.17, 15) is 13.2 Å². The third-order valence-electron chi connectivity index (χ3n) is 3.57. The molecular weight excluding hydrogens is 372 g/mol. The van der Waals surface area contributed by atoms with Crippen LogP contribution in [0.2, 0.25) is 0 Å². The molecule has 9 heteroatoms. The molecule has 0 aliphatic heterocycles. The molecule has 0 bridgehead atoms. The summed E-state index contributed by atoms with van der Waals surface area (Å²) in [6, 6.07) is 9.33. The van der Waals surface area contributed by atoms with Crippen LogP contribution in [0.1, 0.15) is 15.4 Å². The Hall–Kier alpha value is -2.62. The summed E-state index contributed by atoms with van der Waals surface area (Å²) in [6.07, 6.45) is 4.74. The highest BCUT2D eigenvalue weighted by Gasteiger charge is 2.22. The second-order valence-electron chi connectivity index (χ2n) is 5.41. The van der Waals surface area contributed by atoms with Gasteiger partial charge in [-0.15, -0.1) is 11.3 Å². The molecule has 7 nitrogen and oxygen atoms in total. The summed E-state index contributed by atoms with van der Waals surface area (Å²) in [4.78, 5) is 20.4. The van der Waals surface area contributed by atoms with Gasteiger partial charge in [-0.3, -0.25) is 9.78 Å². The van der Waals surface area contributed by atoms with E-state index in [1.54, 1.807) is 42.0 Å². The second kappa shape index (κ2) is 7.73. The summed E-state index contributed by atoms with van der Waals surface area (Å²) in [5, 5.41) is 5.17. The summed E-state index contributed by atoms with van der Waals surface area (Å²) in [7, 11) is -2.25. The molecule has 3 aromatic rings. The molecule has 0 unspecified atom stereocenters. The first kappa shape index (κ1) is 18.2. The van der Waals surface area contributed by atoms with Crippen molar-refractivity contribution in [3.8, 4) is 0 Å². The second-order valence-corrected chi connectivity index (χ2v) is 8.43. The van der Waals surface area contributed by atoms with Crippen molar-refractivity contribution in [3.05, 3.63) is 70.9 Å². The Labute approximate surface area is 155 Å². The number of carbonyl (C=O) groups excluding carboxylic acids is 1. The van der Waals surface area contributed by atoms with Crippen LogP contribution < -0.4 is 5.32 Å². The predicted octanol–water partition coefficient (Wildman–Crippen LogP) is 2.61. The minimum Gasteiger partial charge on any atom is -0.321 e. The first-order valence-corrected chi connectivity index (χ1v) is 9.95. The smallest absolute Gasteiger partial charge is 0.255 e. The van der Waals surface area contributed by atoms with Crippen molar-refractivity contribution in [2.75, 3.05) is 12.4 Å². The highest BCUT2D eigenvalue weighted by atomic mass is 32.2. The molecule has 0 fully saturated rings. The molecule has 3 rings (SSSR count). The highest BCUT2D eigenvalue weighted by Crippen LogP contribution is 2.19. The number of hydrogen-bond acceptors (Lipinski definition) is 6. The van der Waals surface area contributed by atoms with Crippen molar-refractivity contribution in [3.63, 3.8) is 0 Å². The third-order valence-corrected chi connectivity index (χ3v) is 6.13. The van der Waals surface area contributed by atoms with Crippen LogP contribution in [0.5, 0.6) is 0 Å². The number of pyridine rings is 1. The SMILES string of the molecule is CN(Cc1nccs1)S(=O)(=O)c1cccc(C(=O)Nc2cccnc2)c1. The van der Waals surface area contributed by atoms with Crippen molar-refractivity contribution in [2.24, 2.45) is 0 Å². The van der Waals surface area contributed by atoms with Gasteiger partial charge in [0.1, 0.15) is 5.01 Å². The summed E-state index contributed by atoms with van der Waals surface area (Å²) in [5.74, 6) is -0.405. The van der Waals surface area contributed by atoms with E-state index in [0.717, 1.165) is 0 Å². The average Bonchev–Trinajstić information content (AvgIpc) is 3.15. The number of rotatable bonds is 6. The van der Waals surface area contributed by atoms with E-state index >= 15 is 0 Å². The quantitative estimate of drug-likeness (QED) is 0.701. The summed E-state index contributed by atoms with van der Waals surface area (Å²) >= 11 is 1.38. The van der Waals surface area contributed by atoms with Crippen molar-refractivity contribution < 1.29 is 13.2 Å². The van der Waals surface area contributed by atoms with Crippen molar-refractivity contribution >= 4 is 33.0 Å². The zero-order valence-corrected chi connectivity index (χ0v) is 15.5. The molecule has 0 aliphatic rings. The lowest BCUT2D eigenvalue weighted by Gasteiger charge is -2.16. The van der Waals surface area contributed by atoms with E-state index in [1.165, 1.54) is 41.0 Å². The monoisotopic (exact) mass is 388 g/mol. The van der Waals surface area contributed by atoms with E-state index in [0.29, 0.717) is 10.7 Å². The molecule has 0 atom stereocenters. The standard InChI is InChI=1S/C17H16N4O3S2/c1-21(12-16-19-8-9-25-16)26(23,24)15-6-2-4-13(10-15)17(22)20-14-5-3-7-18-11-14/h2-11H,12H2,1H3,(H,20,22). The van der Waals surface area contributed by atoms with Gasteiger partial charge in [0.15, 0.2) is 0 Å². The van der Waals surface area contributed by atoms with Crippen LogP contribution in [0.3, 0.4) is 0 Å². The Morgan fingerprint density at radius 2 is 2.08 bits per heavy atom. The minimum absolute atomic E-state index is 0.0513. The maximum Gasteiger partial charge on any atom is 0.255 e. The molecule has 0 radical (unpaired) electrons. The third kappa shape index (κ3) is 4.13. The number of aromatic nitrogens is 2. The van der Waals surface area contributed by atoms with Crippen LogP contribution in [-0.2, 0) is 16.6 Å². The van der Waals surface area contributed by atoms with Gasteiger partial charge in [-0.05, 0) is 30.3 Å². The van der Waals surface area contributed by atoms with Crippen LogP contribution >= 0.6 is 11.3 Å². The first-order valence-electron chi connectivity index (χ1n) is 7.63. The number of benzene rings is 1. The average molecular weight is 388 g/mol. The Balaban J connectivity index is 1.80. The lowest BCUT2D eigenvalue weighted by atomic mass is 10.2. The number of amides is 1. The van der Waals surface area contributed by atoms with E-state index in [2.05, 4.69) is 15.3 Å². The molecule has 2 aromatic heterocycles. The Morgan fingerprint density at radius 3 is 2.77 bits per heavy atom. The van der Waals surface area contributed by atoms with Gasteiger partial charge in [-0.1, -0.05) is 6.07 Å². The molecule has 0 aliphatic carbocycles. The van der Waals surface area contributed by atoms with Gasteiger partial charge >= 0.3 is 0 Å². The normalized spacial score (nSPS) is 11.5. The predicted molar refractivity (Wildman–Crippen MR) is 99.4 cm³/mol. The van der Waals surface area contributed by atoms with Gasteiger partial charge in [0.05, 0.1) is 23.3 Å². The number of nitrogens with one attached hydrogen (secondary N) is 1. The Bertz CT molecular complexity index is 990. The number of nitrogens with zero attached hydrogens (tertiary/aromatic N) is 3. The van der Waals surface area contributed by atoms with Crippen LogP contribution in [0, 0.1) is 0 Å². The fraction of sp³-hybridized carbons (Fsp3) is 0.118. The molecule has 1 aromatic carbocycles. The van der Waals surface area contributed by atoms with Gasteiger partial charge in [-0.2, -0.15) is 4.31 Å². The van der Waals surface area contributed by atoms with Crippen LogP contribution in [0.4, 0.5) is 5.69 Å². The molecular formula is C17H16N4O3S2. The van der Waals surface area contributed by atoms with Crippen LogP contribution in [0.25, 0.3) is 0 Å². The van der Waals surface area contributed by atoms with Gasteiger partial charge < -0.3 is 5.32 Å². The molecule has 0 spiro atoms. The summed E-state index contributed by atoms with van der Waals surface area (Å²) < 4.78 is 26.7. The van der Waals surface area contributed by atoms with Gasteiger partial charge in [0.25, 0.3) is 5.91 Å². The highest BCUT2D eigenvalue weighted by molar-refractivity contribution is 7.89. The molecule has 1 amide bonds. The largest absolute Gasteiger partial charge is 0.321 e. The molecule has 26 heavy (non-hydrogen) atoms. The molecule has 2 heterocycles. The maximum atomic E-state index is 12.8. The fourth-order valence-corrected chi connectivity index (χ4v) is 4.15. The van der Waals surface area contributed by atoms with Gasteiger partial charge in [0, 0.05) is 30.4 Å². The van der Waals surface area contributed by atoms with E-state index in [1.807, 2.05) is 0 Å². The number of anilines is 1. The number of hydrogen-bond donors (Lipinski definition) is 1. The van der Waals surface area contributed by atoms with Gasteiger partial charge in [0.2, 0.25) is 10.0 Å². The minimum atomic E-state index is -3.74. The summed E-state index contributed by atoms with van der Waals surface area (Å²) in [5.41, 5.74) is 0.782. The van der Waals surface area contributed by atoms with Crippen molar-refractivity contribution in [1.29, 1.82) is 0 Å². The Morgan fingerprint density at radius 1 is 1.23 bits per heavy atom. The zero-order valence-electron chi connectivity index (χ0n) is 13.9. The van der Waals surface area contributed by atoms with Crippen LogP contribution in [-0.4, -0.2) is 35.6 Å². The molecule has 134 valence electrons. The van der Waals surface area contributed by atoms with Crippen molar-refractivity contribution in [2.45, 2.75) is 11.4 Å². The molecule has 0 saturated heterocycles. The maximum absolute atomic E-state index is 12.8. The first-order chi connectivity index (χ1) is 12.5. The van der Waals surface area contributed by atoms with Crippen molar-refractivity contribution in [1.82, 2.24) is 14.3 Å². The topological polar surface area (TPSA) is 92.3 Å². The number of carbonyl (C=O) groups is 1.